The highest BCUT2D eigenvalue weighted by atomic mass is 32.1. The van der Waals surface area contributed by atoms with Crippen LogP contribution in [0.4, 0.5) is 0 Å². The normalized spacial score (nSPS) is 16.0. The van der Waals surface area contributed by atoms with E-state index in [0.29, 0.717) is 17.9 Å². The molecule has 0 N–H and O–H groups in total. The van der Waals surface area contributed by atoms with Crippen LogP contribution in [0.5, 0.6) is 5.75 Å². The fourth-order valence-corrected chi connectivity index (χ4v) is 2.18. The molecule has 2 aromatic rings. The Morgan fingerprint density at radius 3 is 2.81 bits per heavy atom. The molecule has 106 valence electrons. The van der Waals surface area contributed by atoms with E-state index < -0.39 is 5.97 Å². The quantitative estimate of drug-likeness (QED) is 0.640. The van der Waals surface area contributed by atoms with E-state index in [2.05, 4.69) is 14.6 Å². The number of rotatable bonds is 4. The van der Waals surface area contributed by atoms with Crippen LogP contribution in [0, 0.1) is 0 Å². The summed E-state index contributed by atoms with van der Waals surface area (Å²) in [7, 11) is 0. The molecule has 1 aromatic heterocycles. The number of carbonyl (C=O) groups is 1. The molecule has 1 aromatic carbocycles. The molecule has 0 saturated heterocycles. The smallest absolute Gasteiger partial charge is 0.363 e. The second-order valence-corrected chi connectivity index (χ2v) is 4.73. The van der Waals surface area contributed by atoms with Crippen molar-refractivity contribution in [2.24, 2.45) is 4.99 Å². The first-order valence-corrected chi connectivity index (χ1v) is 7.13. The molecule has 0 spiro atoms. The Kier molecular flexibility index (Phi) is 3.74. The molecular weight excluding hydrogens is 290 g/mol. The van der Waals surface area contributed by atoms with Gasteiger partial charge in [-0.3, -0.25) is 0 Å². The molecule has 0 amide bonds. The SMILES string of the molecule is CCOc1ccc(C2=N/C(=C/c3csnn3)C(=O)O2)cc1. The molecule has 1 aliphatic heterocycles. The van der Waals surface area contributed by atoms with E-state index in [4.69, 9.17) is 9.47 Å². The number of nitrogens with zero attached hydrogens (tertiary/aromatic N) is 3. The van der Waals surface area contributed by atoms with Gasteiger partial charge in [-0.1, -0.05) is 4.49 Å². The van der Waals surface area contributed by atoms with Gasteiger partial charge in [-0.25, -0.2) is 9.79 Å². The molecule has 7 heteroatoms. The lowest BCUT2D eigenvalue weighted by Gasteiger charge is -2.03. The summed E-state index contributed by atoms with van der Waals surface area (Å²) in [5.41, 5.74) is 1.52. The molecule has 2 heterocycles. The summed E-state index contributed by atoms with van der Waals surface area (Å²) in [6, 6.07) is 7.21. The lowest BCUT2D eigenvalue weighted by Crippen LogP contribution is -2.05. The molecule has 0 saturated carbocycles. The molecule has 1 aliphatic rings. The Morgan fingerprint density at radius 2 is 2.14 bits per heavy atom. The number of hydrogen-bond acceptors (Lipinski definition) is 7. The maximum absolute atomic E-state index is 11.8. The summed E-state index contributed by atoms with van der Waals surface area (Å²) in [6.45, 7) is 2.52. The van der Waals surface area contributed by atoms with Gasteiger partial charge < -0.3 is 9.47 Å². The van der Waals surface area contributed by atoms with Crippen molar-refractivity contribution >= 4 is 29.5 Å². The third-order valence-electron chi connectivity index (χ3n) is 2.69. The van der Waals surface area contributed by atoms with Crippen molar-refractivity contribution in [1.29, 1.82) is 0 Å². The number of carbonyl (C=O) groups excluding carboxylic acids is 1. The molecule has 0 unspecified atom stereocenters. The standard InChI is InChI=1S/C14H11N3O3S/c1-2-19-11-5-3-9(4-6-11)13-15-12(14(18)20-13)7-10-8-21-17-16-10/h3-8H,2H2,1H3/b12-7+. The summed E-state index contributed by atoms with van der Waals surface area (Å²) in [5.74, 6) is 0.542. The highest BCUT2D eigenvalue weighted by Crippen LogP contribution is 2.20. The fraction of sp³-hybridized carbons (Fsp3) is 0.143. The summed E-state index contributed by atoms with van der Waals surface area (Å²) < 4.78 is 14.3. The Bertz CT molecular complexity index is 706. The Morgan fingerprint density at radius 1 is 1.33 bits per heavy atom. The molecule has 0 aliphatic carbocycles. The van der Waals surface area contributed by atoms with Crippen LogP contribution in [-0.4, -0.2) is 28.1 Å². The predicted molar refractivity (Wildman–Crippen MR) is 78.1 cm³/mol. The lowest BCUT2D eigenvalue weighted by molar-refractivity contribution is -0.129. The van der Waals surface area contributed by atoms with Crippen LogP contribution in [0.1, 0.15) is 18.2 Å². The van der Waals surface area contributed by atoms with Gasteiger partial charge in [0, 0.05) is 10.9 Å². The molecule has 3 rings (SSSR count). The largest absolute Gasteiger partial charge is 0.494 e. The monoisotopic (exact) mass is 301 g/mol. The first kappa shape index (κ1) is 13.4. The van der Waals surface area contributed by atoms with E-state index in [1.165, 1.54) is 11.5 Å². The van der Waals surface area contributed by atoms with E-state index in [0.717, 1.165) is 5.75 Å². The third-order valence-corrected chi connectivity index (χ3v) is 3.22. The Labute approximate surface area is 124 Å². The molecule has 0 radical (unpaired) electrons. The topological polar surface area (TPSA) is 73.7 Å². The number of ether oxygens (including phenoxy) is 2. The summed E-state index contributed by atoms with van der Waals surface area (Å²) in [6.07, 6.45) is 1.55. The number of hydrogen-bond donors (Lipinski definition) is 0. The van der Waals surface area contributed by atoms with Gasteiger partial charge in [0.05, 0.1) is 6.61 Å². The molecule has 21 heavy (non-hydrogen) atoms. The fourth-order valence-electron chi connectivity index (χ4n) is 1.77. The zero-order valence-electron chi connectivity index (χ0n) is 11.1. The summed E-state index contributed by atoms with van der Waals surface area (Å²) >= 11 is 1.21. The average Bonchev–Trinajstić information content (AvgIpc) is 3.11. The van der Waals surface area contributed by atoms with Crippen LogP contribution in [-0.2, 0) is 9.53 Å². The van der Waals surface area contributed by atoms with Crippen molar-refractivity contribution in [3.8, 4) is 5.75 Å². The zero-order valence-corrected chi connectivity index (χ0v) is 12.0. The van der Waals surface area contributed by atoms with Crippen LogP contribution in [0.3, 0.4) is 0 Å². The average molecular weight is 301 g/mol. The predicted octanol–water partition coefficient (Wildman–Crippen LogP) is 2.28. The van der Waals surface area contributed by atoms with Crippen LogP contribution in [0.25, 0.3) is 6.08 Å². The van der Waals surface area contributed by atoms with Gasteiger partial charge in [-0.15, -0.1) is 5.10 Å². The van der Waals surface area contributed by atoms with Crippen LogP contribution >= 0.6 is 11.5 Å². The molecule has 0 atom stereocenters. The van der Waals surface area contributed by atoms with Crippen molar-refractivity contribution < 1.29 is 14.3 Å². The number of aliphatic imine (C=N–C) groups is 1. The molecular formula is C14H11N3O3S. The van der Waals surface area contributed by atoms with E-state index in [9.17, 15) is 4.79 Å². The van der Waals surface area contributed by atoms with Gasteiger partial charge in [0.1, 0.15) is 11.4 Å². The van der Waals surface area contributed by atoms with Crippen molar-refractivity contribution in [1.82, 2.24) is 9.59 Å². The van der Waals surface area contributed by atoms with Crippen LogP contribution in [0.2, 0.25) is 0 Å². The minimum atomic E-state index is -0.494. The lowest BCUT2D eigenvalue weighted by atomic mass is 10.2. The Balaban J connectivity index is 1.84. The number of benzene rings is 1. The second kappa shape index (κ2) is 5.84. The summed E-state index contributed by atoms with van der Waals surface area (Å²) in [5, 5.41) is 5.57. The van der Waals surface area contributed by atoms with E-state index in [1.807, 2.05) is 6.92 Å². The number of aromatic nitrogens is 2. The van der Waals surface area contributed by atoms with Crippen molar-refractivity contribution in [3.05, 3.63) is 46.6 Å². The van der Waals surface area contributed by atoms with Gasteiger partial charge in [0.25, 0.3) is 0 Å². The first-order valence-electron chi connectivity index (χ1n) is 6.29. The number of esters is 1. The van der Waals surface area contributed by atoms with Crippen molar-refractivity contribution in [2.75, 3.05) is 6.61 Å². The molecule has 0 bridgehead atoms. The zero-order chi connectivity index (χ0) is 14.7. The van der Waals surface area contributed by atoms with Crippen molar-refractivity contribution in [3.63, 3.8) is 0 Å². The minimum absolute atomic E-state index is 0.214. The summed E-state index contributed by atoms with van der Waals surface area (Å²) in [4.78, 5) is 16.0. The van der Waals surface area contributed by atoms with E-state index in [1.54, 1.807) is 35.7 Å². The highest BCUT2D eigenvalue weighted by molar-refractivity contribution is 7.03. The van der Waals surface area contributed by atoms with Crippen LogP contribution < -0.4 is 4.74 Å². The van der Waals surface area contributed by atoms with Gasteiger partial charge in [-0.05, 0) is 48.8 Å². The van der Waals surface area contributed by atoms with Gasteiger partial charge >= 0.3 is 5.97 Å². The molecule has 0 fully saturated rings. The van der Waals surface area contributed by atoms with Crippen LogP contribution in [0.15, 0.2) is 40.3 Å². The highest BCUT2D eigenvalue weighted by Gasteiger charge is 2.24. The van der Waals surface area contributed by atoms with E-state index in [-0.39, 0.29) is 11.6 Å². The first-order chi connectivity index (χ1) is 10.3. The minimum Gasteiger partial charge on any atom is -0.494 e. The maximum atomic E-state index is 11.8. The van der Waals surface area contributed by atoms with Gasteiger partial charge in [0.2, 0.25) is 5.90 Å². The third kappa shape index (κ3) is 2.97. The maximum Gasteiger partial charge on any atom is 0.363 e. The number of cyclic esters (lactones) is 1. The second-order valence-electron chi connectivity index (χ2n) is 4.12. The van der Waals surface area contributed by atoms with Gasteiger partial charge in [-0.2, -0.15) is 0 Å². The van der Waals surface area contributed by atoms with Gasteiger partial charge in [0.15, 0.2) is 5.70 Å². The van der Waals surface area contributed by atoms with E-state index >= 15 is 0 Å². The Hall–Kier alpha value is -2.54. The molecule has 6 nitrogen and oxygen atoms in total. The van der Waals surface area contributed by atoms with Crippen molar-refractivity contribution in [2.45, 2.75) is 6.92 Å².